The molecule has 1 aliphatic heterocycles. The van der Waals surface area contributed by atoms with E-state index in [0.29, 0.717) is 18.9 Å². The highest BCUT2D eigenvalue weighted by molar-refractivity contribution is 6.09. The third-order valence-electron chi connectivity index (χ3n) is 6.34. The van der Waals surface area contributed by atoms with Gasteiger partial charge in [0.05, 0.1) is 12.1 Å². The summed E-state index contributed by atoms with van der Waals surface area (Å²) in [6, 6.07) is 20.6. The lowest BCUT2D eigenvalue weighted by atomic mass is 10.0. The zero-order valence-electron chi connectivity index (χ0n) is 17.5. The highest BCUT2D eigenvalue weighted by atomic mass is 16.5. The van der Waals surface area contributed by atoms with Crippen molar-refractivity contribution < 1.29 is 9.15 Å². The van der Waals surface area contributed by atoms with Gasteiger partial charge in [0.25, 0.3) is 0 Å². The van der Waals surface area contributed by atoms with Gasteiger partial charge in [0.1, 0.15) is 11.3 Å². The molecule has 31 heavy (non-hydrogen) atoms. The van der Waals surface area contributed by atoms with Crippen LogP contribution in [0, 0.1) is 6.92 Å². The van der Waals surface area contributed by atoms with Crippen LogP contribution in [-0.2, 0) is 13.1 Å². The number of hydrogen-bond acceptors (Lipinski definition) is 4. The molecule has 0 saturated carbocycles. The maximum atomic E-state index is 12.0. The number of nitrogens with zero attached hydrogens (tertiary/aromatic N) is 2. The van der Waals surface area contributed by atoms with Crippen molar-refractivity contribution in [1.82, 2.24) is 4.57 Å². The third kappa shape index (κ3) is 2.66. The quantitative estimate of drug-likeness (QED) is 0.356. The van der Waals surface area contributed by atoms with Crippen molar-refractivity contribution in [1.29, 1.82) is 0 Å². The molecule has 0 N–H and O–H groups in total. The van der Waals surface area contributed by atoms with E-state index in [-0.39, 0.29) is 5.63 Å². The third-order valence-corrected chi connectivity index (χ3v) is 6.34. The largest absolute Gasteiger partial charge is 0.473 e. The molecule has 3 heterocycles. The SMILES string of the molecule is CCn1c2ccccc2c2cc(N3COc4ccc5c(C)cc(=O)oc5c4C3)ccc21. The number of rotatable bonds is 2. The smallest absolute Gasteiger partial charge is 0.336 e. The minimum atomic E-state index is -0.329. The lowest BCUT2D eigenvalue weighted by Crippen LogP contribution is -2.32. The molecule has 0 bridgehead atoms. The van der Waals surface area contributed by atoms with Gasteiger partial charge in [0.2, 0.25) is 0 Å². The van der Waals surface area contributed by atoms with Crippen molar-refractivity contribution in [2.45, 2.75) is 26.9 Å². The fraction of sp³-hybridized carbons (Fsp3) is 0.192. The van der Waals surface area contributed by atoms with Crippen LogP contribution in [0.4, 0.5) is 5.69 Å². The van der Waals surface area contributed by atoms with E-state index in [9.17, 15) is 4.79 Å². The fourth-order valence-electron chi connectivity index (χ4n) is 4.84. The van der Waals surface area contributed by atoms with Gasteiger partial charge in [-0.3, -0.25) is 0 Å². The van der Waals surface area contributed by atoms with E-state index < -0.39 is 0 Å². The number of ether oxygens (including phenoxy) is 1. The molecule has 0 saturated heterocycles. The molecule has 0 amide bonds. The van der Waals surface area contributed by atoms with E-state index in [1.807, 2.05) is 19.1 Å². The number of aryl methyl sites for hydroxylation is 2. The monoisotopic (exact) mass is 410 g/mol. The Morgan fingerprint density at radius 3 is 2.65 bits per heavy atom. The molecule has 5 nitrogen and oxygen atoms in total. The molecular weight excluding hydrogens is 388 g/mol. The molecule has 0 radical (unpaired) electrons. The molecule has 1 aliphatic rings. The molecule has 0 atom stereocenters. The van der Waals surface area contributed by atoms with Gasteiger partial charge >= 0.3 is 5.63 Å². The molecule has 0 spiro atoms. The molecule has 154 valence electrons. The highest BCUT2D eigenvalue weighted by Crippen LogP contribution is 2.37. The summed E-state index contributed by atoms with van der Waals surface area (Å²) < 4.78 is 14.0. The first-order valence-corrected chi connectivity index (χ1v) is 10.6. The van der Waals surface area contributed by atoms with Gasteiger partial charge < -0.3 is 18.6 Å². The number of anilines is 1. The second kappa shape index (κ2) is 6.64. The molecule has 3 aromatic carbocycles. The number of aromatic nitrogens is 1. The van der Waals surface area contributed by atoms with E-state index in [0.717, 1.165) is 34.5 Å². The van der Waals surface area contributed by atoms with E-state index in [1.165, 1.54) is 27.9 Å². The summed E-state index contributed by atoms with van der Waals surface area (Å²) in [6.07, 6.45) is 0. The zero-order chi connectivity index (χ0) is 21.1. The Bertz CT molecular complexity index is 1540. The number of fused-ring (bicyclic) bond motifs is 6. The van der Waals surface area contributed by atoms with Crippen LogP contribution in [0.5, 0.6) is 5.75 Å². The van der Waals surface area contributed by atoms with Crippen LogP contribution in [0.25, 0.3) is 32.8 Å². The molecule has 6 rings (SSSR count). The first-order chi connectivity index (χ1) is 15.1. The summed E-state index contributed by atoms with van der Waals surface area (Å²) in [5.74, 6) is 0.779. The predicted molar refractivity (Wildman–Crippen MR) is 124 cm³/mol. The maximum Gasteiger partial charge on any atom is 0.336 e. The first kappa shape index (κ1) is 18.1. The number of benzene rings is 3. The molecule has 5 aromatic rings. The Hall–Kier alpha value is -3.73. The van der Waals surface area contributed by atoms with Gasteiger partial charge in [-0.05, 0) is 55.8 Å². The summed E-state index contributed by atoms with van der Waals surface area (Å²) in [6.45, 7) is 6.11. The summed E-state index contributed by atoms with van der Waals surface area (Å²) in [5, 5.41) is 3.44. The molecule has 0 unspecified atom stereocenters. The minimum absolute atomic E-state index is 0.329. The van der Waals surface area contributed by atoms with Crippen molar-refractivity contribution in [2.75, 3.05) is 11.6 Å². The number of para-hydroxylation sites is 1. The lowest BCUT2D eigenvalue weighted by Gasteiger charge is -2.31. The molecule has 0 fully saturated rings. The zero-order valence-corrected chi connectivity index (χ0v) is 17.5. The van der Waals surface area contributed by atoms with Crippen molar-refractivity contribution in [3.63, 3.8) is 0 Å². The lowest BCUT2D eigenvalue weighted by molar-refractivity contribution is 0.289. The summed E-state index contributed by atoms with van der Waals surface area (Å²) in [4.78, 5) is 14.2. The van der Waals surface area contributed by atoms with Gasteiger partial charge in [-0.1, -0.05) is 18.2 Å². The van der Waals surface area contributed by atoms with Crippen LogP contribution in [0.1, 0.15) is 18.1 Å². The van der Waals surface area contributed by atoms with Crippen molar-refractivity contribution in [2.24, 2.45) is 0 Å². The van der Waals surface area contributed by atoms with Gasteiger partial charge in [0.15, 0.2) is 6.73 Å². The average molecular weight is 410 g/mol. The van der Waals surface area contributed by atoms with E-state index >= 15 is 0 Å². The summed E-state index contributed by atoms with van der Waals surface area (Å²) in [7, 11) is 0. The van der Waals surface area contributed by atoms with E-state index in [1.54, 1.807) is 0 Å². The molecular formula is C26H22N2O3. The maximum absolute atomic E-state index is 12.0. The van der Waals surface area contributed by atoms with Crippen molar-refractivity contribution in [3.8, 4) is 5.75 Å². The Kier molecular flexibility index (Phi) is 3.87. The predicted octanol–water partition coefficient (Wildman–Crippen LogP) is 5.59. The Balaban J connectivity index is 1.49. The second-order valence-electron chi connectivity index (χ2n) is 8.10. The minimum Gasteiger partial charge on any atom is -0.473 e. The molecule has 0 aliphatic carbocycles. The topological polar surface area (TPSA) is 47.6 Å². The highest BCUT2D eigenvalue weighted by Gasteiger charge is 2.23. The van der Waals surface area contributed by atoms with Crippen molar-refractivity contribution >= 4 is 38.5 Å². The van der Waals surface area contributed by atoms with Crippen LogP contribution in [0.2, 0.25) is 0 Å². The second-order valence-corrected chi connectivity index (χ2v) is 8.10. The Morgan fingerprint density at radius 2 is 1.77 bits per heavy atom. The summed E-state index contributed by atoms with van der Waals surface area (Å²) in [5.41, 5.74) is 5.70. The fourth-order valence-corrected chi connectivity index (χ4v) is 4.84. The van der Waals surface area contributed by atoms with Gasteiger partial charge in [0, 0.05) is 45.5 Å². The van der Waals surface area contributed by atoms with Crippen LogP contribution >= 0.6 is 0 Å². The normalized spacial score (nSPS) is 13.7. The first-order valence-electron chi connectivity index (χ1n) is 10.6. The molecule has 5 heteroatoms. The van der Waals surface area contributed by atoms with Crippen LogP contribution < -0.4 is 15.3 Å². The van der Waals surface area contributed by atoms with Gasteiger partial charge in [-0.2, -0.15) is 0 Å². The average Bonchev–Trinajstić information content (AvgIpc) is 3.11. The van der Waals surface area contributed by atoms with Crippen LogP contribution in [0.3, 0.4) is 0 Å². The van der Waals surface area contributed by atoms with Crippen LogP contribution in [0.15, 0.2) is 69.9 Å². The Morgan fingerprint density at radius 1 is 0.935 bits per heavy atom. The number of hydrogen-bond donors (Lipinski definition) is 0. The Labute approximate surface area is 179 Å². The summed E-state index contributed by atoms with van der Waals surface area (Å²) >= 11 is 0. The van der Waals surface area contributed by atoms with Crippen molar-refractivity contribution in [3.05, 3.63) is 82.2 Å². The van der Waals surface area contributed by atoms with E-state index in [2.05, 4.69) is 58.9 Å². The molecule has 2 aromatic heterocycles. The van der Waals surface area contributed by atoms with Crippen LogP contribution in [-0.4, -0.2) is 11.3 Å². The van der Waals surface area contributed by atoms with Gasteiger partial charge in [-0.25, -0.2) is 4.79 Å². The standard InChI is InChI=1S/C26H22N2O3/c1-3-28-22-7-5-4-6-19(22)20-13-17(8-10-23(20)28)27-14-21-24(30-15-27)11-9-18-16(2)12-25(29)31-26(18)21/h4-13H,3,14-15H2,1-2H3. The van der Waals surface area contributed by atoms with E-state index in [4.69, 9.17) is 9.15 Å². The van der Waals surface area contributed by atoms with Gasteiger partial charge in [-0.15, -0.1) is 0 Å².